The molecule has 2 aromatic rings. The van der Waals surface area contributed by atoms with E-state index in [0.29, 0.717) is 11.6 Å². The molecule has 2 aliphatic rings. The molecule has 7 nitrogen and oxygen atoms in total. The summed E-state index contributed by atoms with van der Waals surface area (Å²) in [5.74, 6) is 1.04. The molecule has 144 valence electrons. The molecule has 2 aliphatic heterocycles. The van der Waals surface area contributed by atoms with Crippen molar-refractivity contribution in [2.45, 2.75) is 51.3 Å². The van der Waals surface area contributed by atoms with Crippen LogP contribution in [0, 0.1) is 0 Å². The summed E-state index contributed by atoms with van der Waals surface area (Å²) in [6.07, 6.45) is 1.86. The summed E-state index contributed by atoms with van der Waals surface area (Å²) in [6.45, 7) is 7.38. The molecule has 4 rings (SSSR count). The second kappa shape index (κ2) is 6.48. The van der Waals surface area contributed by atoms with Crippen LogP contribution in [-0.4, -0.2) is 46.9 Å². The summed E-state index contributed by atoms with van der Waals surface area (Å²) in [5.41, 5.74) is 7.24. The van der Waals surface area contributed by atoms with Crippen molar-refractivity contribution in [3.63, 3.8) is 0 Å². The molecule has 2 saturated heterocycles. The third-order valence-electron chi connectivity index (χ3n) is 5.13. The van der Waals surface area contributed by atoms with Crippen molar-refractivity contribution in [2.75, 3.05) is 23.7 Å². The fourth-order valence-corrected chi connectivity index (χ4v) is 3.99. The molecular weight excluding hydrogens is 344 g/mol. The van der Waals surface area contributed by atoms with Crippen LogP contribution in [0.25, 0.3) is 11.3 Å². The first-order chi connectivity index (χ1) is 12.8. The van der Waals surface area contributed by atoms with Crippen molar-refractivity contribution < 1.29 is 14.1 Å². The second-order valence-corrected chi connectivity index (χ2v) is 8.34. The number of nitrogen functional groups attached to an aromatic ring is 1. The predicted molar refractivity (Wildman–Crippen MR) is 103 cm³/mol. The Morgan fingerprint density at radius 1 is 1.19 bits per heavy atom. The van der Waals surface area contributed by atoms with Crippen LogP contribution in [-0.2, 0) is 4.74 Å². The minimum Gasteiger partial charge on any atom is -0.444 e. The number of carbonyl (C=O) groups excluding carboxylic acids is 1. The maximum atomic E-state index is 12.6. The molecule has 0 aliphatic carbocycles. The van der Waals surface area contributed by atoms with Crippen LogP contribution in [0.1, 0.15) is 33.6 Å². The molecule has 1 aromatic heterocycles. The van der Waals surface area contributed by atoms with E-state index in [1.807, 2.05) is 37.8 Å². The van der Waals surface area contributed by atoms with E-state index >= 15 is 0 Å². The number of aromatic nitrogens is 1. The van der Waals surface area contributed by atoms with Gasteiger partial charge in [0.15, 0.2) is 11.6 Å². The van der Waals surface area contributed by atoms with Gasteiger partial charge in [-0.1, -0.05) is 5.16 Å². The van der Waals surface area contributed by atoms with E-state index in [0.717, 1.165) is 37.2 Å². The van der Waals surface area contributed by atoms with Crippen LogP contribution in [0.15, 0.2) is 34.9 Å². The Morgan fingerprint density at radius 3 is 2.33 bits per heavy atom. The molecule has 1 aromatic carbocycles. The predicted octanol–water partition coefficient (Wildman–Crippen LogP) is 3.51. The van der Waals surface area contributed by atoms with Gasteiger partial charge in [-0.25, -0.2) is 4.79 Å². The number of anilines is 2. The topological polar surface area (TPSA) is 84.8 Å². The molecule has 7 heteroatoms. The summed E-state index contributed by atoms with van der Waals surface area (Å²) in [4.78, 5) is 16.9. The summed E-state index contributed by atoms with van der Waals surface area (Å²) < 4.78 is 10.8. The molecule has 0 spiro atoms. The highest BCUT2D eigenvalue weighted by Crippen LogP contribution is 2.34. The molecule has 2 fully saturated rings. The average Bonchev–Trinajstić information content (AvgIpc) is 3.14. The highest BCUT2D eigenvalue weighted by atomic mass is 16.6. The van der Waals surface area contributed by atoms with Gasteiger partial charge in [-0.05, 0) is 57.9 Å². The van der Waals surface area contributed by atoms with Crippen molar-refractivity contribution >= 4 is 17.6 Å². The van der Waals surface area contributed by atoms with E-state index in [-0.39, 0.29) is 18.2 Å². The number of nitrogens with two attached hydrogens (primary N) is 1. The van der Waals surface area contributed by atoms with Crippen LogP contribution in [0.4, 0.5) is 16.3 Å². The number of rotatable bonds is 2. The van der Waals surface area contributed by atoms with Gasteiger partial charge in [-0.3, -0.25) is 4.90 Å². The maximum absolute atomic E-state index is 12.6. The molecule has 0 radical (unpaired) electrons. The zero-order valence-electron chi connectivity index (χ0n) is 16.0. The number of piperazine rings is 1. The first-order valence-electron chi connectivity index (χ1n) is 9.39. The summed E-state index contributed by atoms with van der Waals surface area (Å²) in [7, 11) is 0. The Kier molecular flexibility index (Phi) is 4.25. The van der Waals surface area contributed by atoms with Crippen LogP contribution < -0.4 is 10.6 Å². The van der Waals surface area contributed by atoms with Gasteiger partial charge in [0.25, 0.3) is 0 Å². The van der Waals surface area contributed by atoms with Gasteiger partial charge in [-0.15, -0.1) is 0 Å². The van der Waals surface area contributed by atoms with Crippen LogP contribution in [0.2, 0.25) is 0 Å². The van der Waals surface area contributed by atoms with Gasteiger partial charge < -0.3 is 19.9 Å². The van der Waals surface area contributed by atoms with Crippen molar-refractivity contribution in [1.82, 2.24) is 10.1 Å². The van der Waals surface area contributed by atoms with Gasteiger partial charge in [0.2, 0.25) is 0 Å². The van der Waals surface area contributed by atoms with Crippen molar-refractivity contribution in [3.8, 4) is 11.3 Å². The van der Waals surface area contributed by atoms with E-state index in [2.05, 4.69) is 22.2 Å². The average molecular weight is 370 g/mol. The molecule has 2 atom stereocenters. The third kappa shape index (κ3) is 3.59. The normalized spacial score (nSPS) is 22.2. The van der Waals surface area contributed by atoms with Crippen molar-refractivity contribution in [3.05, 3.63) is 30.3 Å². The number of hydrogen-bond acceptors (Lipinski definition) is 6. The first kappa shape index (κ1) is 17.7. The van der Waals surface area contributed by atoms with E-state index in [9.17, 15) is 4.79 Å². The third-order valence-corrected chi connectivity index (χ3v) is 5.13. The number of nitrogens with zero attached hydrogens (tertiary/aromatic N) is 3. The number of hydrogen-bond donors (Lipinski definition) is 1. The summed E-state index contributed by atoms with van der Waals surface area (Å²) in [5, 5.41) is 3.73. The minimum atomic E-state index is -0.465. The Morgan fingerprint density at radius 2 is 1.81 bits per heavy atom. The lowest BCUT2D eigenvalue weighted by Crippen LogP contribution is -2.56. The van der Waals surface area contributed by atoms with E-state index in [1.54, 1.807) is 6.07 Å². The van der Waals surface area contributed by atoms with Gasteiger partial charge in [0.05, 0.1) is 12.1 Å². The van der Waals surface area contributed by atoms with Gasteiger partial charge in [-0.2, -0.15) is 0 Å². The maximum Gasteiger partial charge on any atom is 0.410 e. The number of carbonyl (C=O) groups is 1. The Labute approximate surface area is 159 Å². The van der Waals surface area contributed by atoms with Crippen molar-refractivity contribution in [2.24, 2.45) is 0 Å². The largest absolute Gasteiger partial charge is 0.444 e. The molecule has 2 unspecified atom stereocenters. The Bertz CT molecular complexity index is 810. The second-order valence-electron chi connectivity index (χ2n) is 8.34. The highest BCUT2D eigenvalue weighted by Gasteiger charge is 2.44. The summed E-state index contributed by atoms with van der Waals surface area (Å²) >= 11 is 0. The molecule has 3 heterocycles. The minimum absolute atomic E-state index is 0.187. The van der Waals surface area contributed by atoms with Gasteiger partial charge in [0.1, 0.15) is 5.60 Å². The van der Waals surface area contributed by atoms with E-state index in [4.69, 9.17) is 15.0 Å². The van der Waals surface area contributed by atoms with Crippen LogP contribution in [0.5, 0.6) is 0 Å². The fourth-order valence-electron chi connectivity index (χ4n) is 3.99. The fraction of sp³-hybridized carbons (Fsp3) is 0.500. The number of benzene rings is 1. The first-order valence-corrected chi connectivity index (χ1v) is 9.39. The van der Waals surface area contributed by atoms with Gasteiger partial charge in [0, 0.05) is 30.4 Å². The quantitative estimate of drug-likeness (QED) is 0.871. The zero-order valence-corrected chi connectivity index (χ0v) is 16.0. The van der Waals surface area contributed by atoms with Crippen LogP contribution in [0.3, 0.4) is 0 Å². The molecule has 1 amide bonds. The molecular formula is C20H26N4O3. The van der Waals surface area contributed by atoms with E-state index < -0.39 is 5.60 Å². The Hall–Kier alpha value is -2.70. The van der Waals surface area contributed by atoms with Crippen molar-refractivity contribution in [1.29, 1.82) is 0 Å². The highest BCUT2D eigenvalue weighted by molar-refractivity contribution is 5.70. The lowest BCUT2D eigenvalue weighted by Gasteiger charge is -2.42. The zero-order chi connectivity index (χ0) is 19.2. The SMILES string of the molecule is CC(C)(C)OC(=O)N1C2CCC1CN(c1ccc(-c3cc(N)no3)cc1)C2. The number of amides is 1. The van der Waals surface area contributed by atoms with E-state index in [1.165, 1.54) is 0 Å². The lowest BCUT2D eigenvalue weighted by molar-refractivity contribution is 0.0123. The molecule has 0 saturated carbocycles. The molecule has 2 N–H and O–H groups in total. The Balaban J connectivity index is 1.46. The van der Waals surface area contributed by atoms with Gasteiger partial charge >= 0.3 is 6.09 Å². The lowest BCUT2D eigenvalue weighted by atomic mass is 10.1. The number of ether oxygens (including phenoxy) is 1. The van der Waals surface area contributed by atoms with Crippen LogP contribution >= 0.6 is 0 Å². The standard InChI is InChI=1S/C20H26N4O3/c1-20(2,3)26-19(25)24-15-8-9-16(24)12-23(11-15)14-6-4-13(5-7-14)17-10-18(21)22-27-17/h4-7,10,15-16H,8-9,11-12H2,1-3H3,(H2,21,22). The summed E-state index contributed by atoms with van der Waals surface area (Å²) in [6, 6.07) is 10.3. The monoisotopic (exact) mass is 370 g/mol. The molecule has 2 bridgehead atoms. The smallest absolute Gasteiger partial charge is 0.410 e. The number of fused-ring (bicyclic) bond motifs is 2. The molecule has 27 heavy (non-hydrogen) atoms.